The lowest BCUT2D eigenvalue weighted by molar-refractivity contribution is 0.112. The molecule has 0 spiro atoms. The molecule has 0 saturated carbocycles. The average Bonchev–Trinajstić information content (AvgIpc) is 2.36. The van der Waals surface area contributed by atoms with Crippen molar-refractivity contribution in [2.24, 2.45) is 0 Å². The Morgan fingerprint density at radius 3 is 2.22 bits per heavy atom. The fourth-order valence-electron chi connectivity index (χ4n) is 1.60. The highest BCUT2D eigenvalue weighted by Gasteiger charge is 2.17. The van der Waals surface area contributed by atoms with Gasteiger partial charge in [0, 0.05) is 11.1 Å². The van der Waals surface area contributed by atoms with Gasteiger partial charge in [0.2, 0.25) is 0 Å². The van der Waals surface area contributed by atoms with E-state index in [1.54, 1.807) is 0 Å². The Bertz CT molecular complexity index is 623. The van der Waals surface area contributed by atoms with Crippen LogP contribution in [0, 0.1) is 23.3 Å². The fourth-order valence-corrected chi connectivity index (χ4v) is 1.60. The van der Waals surface area contributed by atoms with E-state index in [0.717, 1.165) is 24.3 Å². The Labute approximate surface area is 99.7 Å². The molecule has 0 heterocycles. The first-order valence-corrected chi connectivity index (χ1v) is 4.93. The predicted octanol–water partition coefficient (Wildman–Crippen LogP) is 3.72. The van der Waals surface area contributed by atoms with Gasteiger partial charge in [0.05, 0.1) is 0 Å². The van der Waals surface area contributed by atoms with Crippen molar-refractivity contribution >= 4 is 6.29 Å². The van der Waals surface area contributed by atoms with Crippen LogP contribution in [0.25, 0.3) is 11.1 Å². The molecule has 0 aromatic heterocycles. The van der Waals surface area contributed by atoms with Gasteiger partial charge in [-0.3, -0.25) is 4.79 Å². The molecule has 0 fully saturated rings. The monoisotopic (exact) mass is 254 g/mol. The van der Waals surface area contributed by atoms with Gasteiger partial charge in [-0.1, -0.05) is 0 Å². The van der Waals surface area contributed by atoms with Crippen LogP contribution in [0.1, 0.15) is 10.4 Å². The Morgan fingerprint density at radius 1 is 0.833 bits per heavy atom. The first-order valence-electron chi connectivity index (χ1n) is 4.93. The highest BCUT2D eigenvalue weighted by Crippen LogP contribution is 2.28. The topological polar surface area (TPSA) is 17.1 Å². The van der Waals surface area contributed by atoms with E-state index in [0.29, 0.717) is 12.4 Å². The van der Waals surface area contributed by atoms with Crippen molar-refractivity contribution in [1.82, 2.24) is 0 Å². The van der Waals surface area contributed by atoms with E-state index in [1.165, 1.54) is 0 Å². The molecule has 1 nitrogen and oxygen atoms in total. The Kier molecular flexibility index (Phi) is 3.14. The van der Waals surface area contributed by atoms with E-state index in [4.69, 9.17) is 0 Å². The van der Waals surface area contributed by atoms with E-state index < -0.39 is 23.3 Å². The molecule has 0 aliphatic heterocycles. The molecule has 2 aromatic carbocycles. The summed E-state index contributed by atoms with van der Waals surface area (Å²) in [5.74, 6) is -5.17. The number of hydrogen-bond donors (Lipinski definition) is 0. The van der Waals surface area contributed by atoms with E-state index in [2.05, 4.69) is 0 Å². The zero-order valence-corrected chi connectivity index (χ0v) is 8.88. The molecule has 0 atom stereocenters. The maximum atomic E-state index is 13.5. The highest BCUT2D eigenvalue weighted by atomic mass is 19.2. The predicted molar refractivity (Wildman–Crippen MR) is 57.1 cm³/mol. The smallest absolute Gasteiger partial charge is 0.195 e. The molecular formula is C13H6F4O. The number of rotatable bonds is 2. The Morgan fingerprint density at radius 2 is 1.56 bits per heavy atom. The summed E-state index contributed by atoms with van der Waals surface area (Å²) in [4.78, 5) is 10.8. The van der Waals surface area contributed by atoms with Crippen LogP contribution in [-0.2, 0) is 0 Å². The quantitative estimate of drug-likeness (QED) is 0.453. The average molecular weight is 254 g/mol. The van der Waals surface area contributed by atoms with Crippen molar-refractivity contribution in [3.8, 4) is 11.1 Å². The molecular weight excluding hydrogens is 248 g/mol. The number of benzene rings is 2. The number of hydrogen-bond acceptors (Lipinski definition) is 1. The standard InChI is InChI=1S/C13H6F4O/c14-8-2-1-7(6-18)10(5-8)9-3-4-11(15)13(17)12(9)16/h1-6H. The summed E-state index contributed by atoms with van der Waals surface area (Å²) in [5.41, 5.74) is -0.502. The van der Waals surface area contributed by atoms with Crippen LogP contribution in [0.4, 0.5) is 17.6 Å². The molecule has 18 heavy (non-hydrogen) atoms. The minimum atomic E-state index is -1.66. The third kappa shape index (κ3) is 1.99. The third-order valence-corrected chi connectivity index (χ3v) is 2.47. The second kappa shape index (κ2) is 4.60. The zero-order chi connectivity index (χ0) is 13.3. The van der Waals surface area contributed by atoms with E-state index >= 15 is 0 Å². The van der Waals surface area contributed by atoms with E-state index in [-0.39, 0.29) is 16.7 Å². The molecule has 0 aliphatic carbocycles. The largest absolute Gasteiger partial charge is 0.298 e. The van der Waals surface area contributed by atoms with Gasteiger partial charge >= 0.3 is 0 Å². The molecule has 0 unspecified atom stereocenters. The zero-order valence-electron chi connectivity index (χ0n) is 8.88. The SMILES string of the molecule is O=Cc1ccc(F)cc1-c1ccc(F)c(F)c1F. The summed E-state index contributed by atoms with van der Waals surface area (Å²) in [6.07, 6.45) is 0.384. The molecule has 5 heteroatoms. The third-order valence-electron chi connectivity index (χ3n) is 2.47. The second-order valence-electron chi connectivity index (χ2n) is 3.57. The molecule has 2 aromatic rings. The van der Waals surface area contributed by atoms with Crippen molar-refractivity contribution in [2.45, 2.75) is 0 Å². The van der Waals surface area contributed by atoms with Crippen molar-refractivity contribution in [3.05, 3.63) is 59.2 Å². The number of carbonyl (C=O) groups is 1. The van der Waals surface area contributed by atoms with E-state index in [9.17, 15) is 22.4 Å². The molecule has 0 saturated heterocycles. The molecule has 0 amide bonds. The van der Waals surface area contributed by atoms with Gasteiger partial charge < -0.3 is 0 Å². The number of aldehydes is 1. The molecule has 2 rings (SSSR count). The van der Waals surface area contributed by atoms with Crippen LogP contribution < -0.4 is 0 Å². The van der Waals surface area contributed by atoms with Crippen LogP contribution >= 0.6 is 0 Å². The van der Waals surface area contributed by atoms with Crippen LogP contribution in [-0.4, -0.2) is 6.29 Å². The lowest BCUT2D eigenvalue weighted by Crippen LogP contribution is -1.97. The maximum absolute atomic E-state index is 13.5. The number of halogens is 4. The lowest BCUT2D eigenvalue weighted by Gasteiger charge is -2.07. The Hall–Kier alpha value is -2.17. The summed E-state index contributed by atoms with van der Waals surface area (Å²) in [7, 11) is 0. The van der Waals surface area contributed by atoms with Crippen molar-refractivity contribution < 1.29 is 22.4 Å². The van der Waals surface area contributed by atoms with Gasteiger partial charge in [0.25, 0.3) is 0 Å². The van der Waals surface area contributed by atoms with E-state index in [1.807, 2.05) is 0 Å². The minimum absolute atomic E-state index is 0.0127. The summed E-state index contributed by atoms with van der Waals surface area (Å²) in [6.45, 7) is 0. The minimum Gasteiger partial charge on any atom is -0.298 e. The molecule has 0 bridgehead atoms. The molecule has 0 N–H and O–H groups in total. The summed E-state index contributed by atoms with van der Waals surface area (Å²) in [5, 5.41) is 0. The van der Waals surface area contributed by atoms with Crippen LogP contribution in [0.2, 0.25) is 0 Å². The van der Waals surface area contributed by atoms with Crippen molar-refractivity contribution in [3.63, 3.8) is 0 Å². The normalized spacial score (nSPS) is 10.4. The van der Waals surface area contributed by atoms with Crippen molar-refractivity contribution in [2.75, 3.05) is 0 Å². The molecule has 0 aliphatic rings. The molecule has 92 valence electrons. The fraction of sp³-hybridized carbons (Fsp3) is 0. The van der Waals surface area contributed by atoms with Gasteiger partial charge in [-0.05, 0) is 35.9 Å². The second-order valence-corrected chi connectivity index (χ2v) is 3.57. The first kappa shape index (κ1) is 12.3. The maximum Gasteiger partial charge on any atom is 0.195 e. The van der Waals surface area contributed by atoms with Crippen molar-refractivity contribution in [1.29, 1.82) is 0 Å². The van der Waals surface area contributed by atoms with Crippen LogP contribution in [0.5, 0.6) is 0 Å². The lowest BCUT2D eigenvalue weighted by atomic mass is 9.99. The van der Waals surface area contributed by atoms with Gasteiger partial charge in [0.1, 0.15) is 5.82 Å². The number of carbonyl (C=O) groups excluding carboxylic acids is 1. The van der Waals surface area contributed by atoms with Gasteiger partial charge in [0.15, 0.2) is 23.7 Å². The van der Waals surface area contributed by atoms with Crippen LogP contribution in [0.15, 0.2) is 30.3 Å². The summed E-state index contributed by atoms with van der Waals surface area (Å²) >= 11 is 0. The Balaban J connectivity index is 2.72. The van der Waals surface area contributed by atoms with Crippen LogP contribution in [0.3, 0.4) is 0 Å². The molecule has 0 radical (unpaired) electrons. The van der Waals surface area contributed by atoms with Gasteiger partial charge in [-0.15, -0.1) is 0 Å². The summed E-state index contributed by atoms with van der Waals surface area (Å²) in [6, 6.07) is 4.71. The van der Waals surface area contributed by atoms with Gasteiger partial charge in [-0.25, -0.2) is 17.6 Å². The van der Waals surface area contributed by atoms with Gasteiger partial charge in [-0.2, -0.15) is 0 Å². The highest BCUT2D eigenvalue weighted by molar-refractivity contribution is 5.87. The summed E-state index contributed by atoms with van der Waals surface area (Å²) < 4.78 is 52.5. The first-order chi connectivity index (χ1) is 8.54.